The van der Waals surface area contributed by atoms with Crippen molar-refractivity contribution in [3.63, 3.8) is 0 Å². The Morgan fingerprint density at radius 3 is 2.93 bits per heavy atom. The highest BCUT2D eigenvalue weighted by molar-refractivity contribution is 4.72. The summed E-state index contributed by atoms with van der Waals surface area (Å²) in [6, 6.07) is 0. The molecule has 0 spiro atoms. The maximum Gasteiger partial charge on any atom is 0.0700 e. The van der Waals surface area contributed by atoms with Crippen LogP contribution in [0, 0.1) is 5.92 Å². The first-order chi connectivity index (χ1) is 6.84. The molecule has 1 heterocycles. The van der Waals surface area contributed by atoms with Crippen LogP contribution in [-0.2, 0) is 14.2 Å². The van der Waals surface area contributed by atoms with E-state index in [1.807, 2.05) is 0 Å². The van der Waals surface area contributed by atoms with E-state index in [4.69, 9.17) is 14.2 Å². The zero-order valence-electron chi connectivity index (χ0n) is 8.78. The fourth-order valence-electron chi connectivity index (χ4n) is 1.54. The minimum absolute atomic E-state index is 0.213. The summed E-state index contributed by atoms with van der Waals surface area (Å²) >= 11 is 0. The van der Waals surface area contributed by atoms with Gasteiger partial charge in [0.2, 0.25) is 0 Å². The fraction of sp³-hybridized carbons (Fsp3) is 1.00. The molecule has 14 heavy (non-hydrogen) atoms. The molecule has 2 atom stereocenters. The number of hydrogen-bond donors (Lipinski definition) is 1. The van der Waals surface area contributed by atoms with Crippen LogP contribution >= 0.6 is 0 Å². The van der Waals surface area contributed by atoms with Crippen LogP contribution in [-0.4, -0.2) is 51.4 Å². The fourth-order valence-corrected chi connectivity index (χ4v) is 1.54. The Kier molecular flexibility index (Phi) is 6.10. The molecule has 0 amide bonds. The molecule has 1 N–H and O–H groups in total. The number of hydrogen-bond acceptors (Lipinski definition) is 4. The van der Waals surface area contributed by atoms with Crippen LogP contribution < -0.4 is 0 Å². The van der Waals surface area contributed by atoms with E-state index in [9.17, 15) is 5.11 Å². The van der Waals surface area contributed by atoms with Crippen molar-refractivity contribution >= 4 is 0 Å². The molecule has 0 aromatic heterocycles. The predicted molar refractivity (Wildman–Crippen MR) is 52.2 cm³/mol. The summed E-state index contributed by atoms with van der Waals surface area (Å²) in [7, 11) is 1.65. The van der Waals surface area contributed by atoms with Crippen LogP contribution in [0.2, 0.25) is 0 Å². The van der Waals surface area contributed by atoms with E-state index in [0.29, 0.717) is 33.0 Å². The van der Waals surface area contributed by atoms with Crippen molar-refractivity contribution in [3.8, 4) is 0 Å². The van der Waals surface area contributed by atoms with E-state index < -0.39 is 0 Å². The molecule has 0 aromatic carbocycles. The van der Waals surface area contributed by atoms with E-state index in [-0.39, 0.29) is 12.0 Å². The van der Waals surface area contributed by atoms with Gasteiger partial charge in [-0.05, 0) is 12.8 Å². The largest absolute Gasteiger partial charge is 0.393 e. The highest BCUT2D eigenvalue weighted by Crippen LogP contribution is 2.17. The van der Waals surface area contributed by atoms with E-state index in [1.54, 1.807) is 7.11 Å². The van der Waals surface area contributed by atoms with Crippen molar-refractivity contribution in [2.75, 3.05) is 40.1 Å². The lowest BCUT2D eigenvalue weighted by atomic mass is 9.96. The number of ether oxygens (including phenoxy) is 3. The molecule has 84 valence electrons. The van der Waals surface area contributed by atoms with Crippen molar-refractivity contribution in [3.05, 3.63) is 0 Å². The van der Waals surface area contributed by atoms with Gasteiger partial charge in [-0.3, -0.25) is 0 Å². The summed E-state index contributed by atoms with van der Waals surface area (Å²) in [4.78, 5) is 0. The molecule has 1 fully saturated rings. The van der Waals surface area contributed by atoms with Crippen LogP contribution in [0.1, 0.15) is 12.8 Å². The van der Waals surface area contributed by atoms with Gasteiger partial charge in [-0.15, -0.1) is 0 Å². The maximum absolute atomic E-state index is 9.61. The summed E-state index contributed by atoms with van der Waals surface area (Å²) in [6.07, 6.45) is 1.41. The van der Waals surface area contributed by atoms with Crippen LogP contribution in [0.5, 0.6) is 0 Å². The molecule has 1 aliphatic rings. The molecular formula is C10H20O4. The number of aliphatic hydroxyl groups excluding tert-OH is 1. The molecule has 4 nitrogen and oxygen atoms in total. The monoisotopic (exact) mass is 204 g/mol. The SMILES string of the molecule is COCCOCCC1COCCC1O. The Hall–Kier alpha value is -0.160. The van der Waals surface area contributed by atoms with Gasteiger partial charge in [0.25, 0.3) is 0 Å². The standard InChI is InChI=1S/C10H20O4/c1-12-6-7-13-4-2-9-8-14-5-3-10(9)11/h9-11H,2-8H2,1H3. The average Bonchev–Trinajstić information content (AvgIpc) is 2.20. The highest BCUT2D eigenvalue weighted by atomic mass is 16.5. The summed E-state index contributed by atoms with van der Waals surface area (Å²) < 4.78 is 15.5. The number of methoxy groups -OCH3 is 1. The Bertz CT molecular complexity index is 140. The second kappa shape index (κ2) is 7.17. The van der Waals surface area contributed by atoms with Crippen LogP contribution in [0.15, 0.2) is 0 Å². The molecule has 0 aliphatic carbocycles. The zero-order valence-corrected chi connectivity index (χ0v) is 8.78. The maximum atomic E-state index is 9.61. The minimum atomic E-state index is -0.213. The first-order valence-electron chi connectivity index (χ1n) is 5.17. The summed E-state index contributed by atoms with van der Waals surface area (Å²) in [6.45, 7) is 3.27. The molecule has 0 saturated carbocycles. The van der Waals surface area contributed by atoms with Crippen molar-refractivity contribution in [2.45, 2.75) is 18.9 Å². The molecule has 2 unspecified atom stereocenters. The summed E-state index contributed by atoms with van der Waals surface area (Å²) in [5, 5.41) is 9.61. The lowest BCUT2D eigenvalue weighted by molar-refractivity contribution is -0.0484. The van der Waals surface area contributed by atoms with Crippen LogP contribution in [0.3, 0.4) is 0 Å². The van der Waals surface area contributed by atoms with Gasteiger partial charge >= 0.3 is 0 Å². The van der Waals surface area contributed by atoms with Gasteiger partial charge < -0.3 is 19.3 Å². The lowest BCUT2D eigenvalue weighted by Crippen LogP contribution is -2.32. The zero-order chi connectivity index (χ0) is 10.2. The van der Waals surface area contributed by atoms with Gasteiger partial charge in [-0.1, -0.05) is 0 Å². The Morgan fingerprint density at radius 1 is 1.36 bits per heavy atom. The Morgan fingerprint density at radius 2 is 2.21 bits per heavy atom. The van der Waals surface area contributed by atoms with Gasteiger partial charge in [0.1, 0.15) is 0 Å². The summed E-state index contributed by atoms with van der Waals surface area (Å²) in [5.41, 5.74) is 0. The molecule has 4 heteroatoms. The lowest BCUT2D eigenvalue weighted by Gasteiger charge is -2.27. The average molecular weight is 204 g/mol. The molecule has 1 aliphatic heterocycles. The first kappa shape index (κ1) is 11.9. The van der Waals surface area contributed by atoms with Crippen LogP contribution in [0.4, 0.5) is 0 Å². The van der Waals surface area contributed by atoms with E-state index in [1.165, 1.54) is 0 Å². The predicted octanol–water partition coefficient (Wildman–Crippen LogP) is 0.437. The molecule has 0 radical (unpaired) electrons. The van der Waals surface area contributed by atoms with E-state index >= 15 is 0 Å². The third-order valence-corrected chi connectivity index (χ3v) is 2.50. The molecule has 0 bridgehead atoms. The van der Waals surface area contributed by atoms with Crippen molar-refractivity contribution in [1.82, 2.24) is 0 Å². The minimum Gasteiger partial charge on any atom is -0.393 e. The van der Waals surface area contributed by atoms with Crippen molar-refractivity contribution in [2.24, 2.45) is 5.92 Å². The van der Waals surface area contributed by atoms with Gasteiger partial charge in [-0.2, -0.15) is 0 Å². The number of rotatable bonds is 6. The highest BCUT2D eigenvalue weighted by Gasteiger charge is 2.22. The molecule has 1 rings (SSSR count). The summed E-state index contributed by atoms with van der Waals surface area (Å²) in [5.74, 6) is 0.242. The van der Waals surface area contributed by atoms with Crippen LogP contribution in [0.25, 0.3) is 0 Å². The van der Waals surface area contributed by atoms with E-state index in [0.717, 1.165) is 12.8 Å². The third kappa shape index (κ3) is 4.37. The third-order valence-electron chi connectivity index (χ3n) is 2.50. The first-order valence-corrected chi connectivity index (χ1v) is 5.17. The van der Waals surface area contributed by atoms with Gasteiger partial charge in [0.15, 0.2) is 0 Å². The second-order valence-electron chi connectivity index (χ2n) is 3.58. The Balaban J connectivity index is 1.99. The molecule has 1 saturated heterocycles. The van der Waals surface area contributed by atoms with Crippen molar-refractivity contribution < 1.29 is 19.3 Å². The van der Waals surface area contributed by atoms with Gasteiger partial charge in [0, 0.05) is 26.2 Å². The number of aliphatic hydroxyl groups is 1. The molecular weight excluding hydrogens is 184 g/mol. The normalized spacial score (nSPS) is 27.9. The topological polar surface area (TPSA) is 47.9 Å². The quantitative estimate of drug-likeness (QED) is 0.638. The van der Waals surface area contributed by atoms with Crippen molar-refractivity contribution in [1.29, 1.82) is 0 Å². The Labute approximate surface area is 85.2 Å². The van der Waals surface area contributed by atoms with Gasteiger partial charge in [0.05, 0.1) is 25.9 Å². The smallest absolute Gasteiger partial charge is 0.0700 e. The molecule has 0 aromatic rings. The van der Waals surface area contributed by atoms with Gasteiger partial charge in [-0.25, -0.2) is 0 Å². The van der Waals surface area contributed by atoms with E-state index in [2.05, 4.69) is 0 Å². The second-order valence-corrected chi connectivity index (χ2v) is 3.58.